The highest BCUT2D eigenvalue weighted by Gasteiger charge is 2.42. The zero-order chi connectivity index (χ0) is 8.77. The molecular formula is C7H8F2N2S. The second kappa shape index (κ2) is 2.47. The average molecular weight is 190 g/mol. The van der Waals surface area contributed by atoms with Crippen molar-refractivity contribution < 1.29 is 8.78 Å². The van der Waals surface area contributed by atoms with Crippen LogP contribution >= 0.6 is 11.3 Å². The summed E-state index contributed by atoms with van der Waals surface area (Å²) in [7, 11) is 0. The molecule has 12 heavy (non-hydrogen) atoms. The number of aromatic nitrogens is 1. The summed E-state index contributed by atoms with van der Waals surface area (Å²) in [5, 5.41) is 1.51. The number of hydrogen-bond donors (Lipinski definition) is 1. The Kier molecular flexibility index (Phi) is 1.66. The number of thiazole rings is 1. The molecule has 1 fully saturated rings. The van der Waals surface area contributed by atoms with Crippen LogP contribution in [0.25, 0.3) is 0 Å². The first-order valence-electron chi connectivity index (χ1n) is 3.65. The lowest BCUT2D eigenvalue weighted by Crippen LogP contribution is -2.19. The van der Waals surface area contributed by atoms with Gasteiger partial charge in [0.25, 0.3) is 6.43 Å². The highest BCUT2D eigenvalue weighted by Crippen LogP contribution is 2.43. The highest BCUT2D eigenvalue weighted by atomic mass is 32.1. The van der Waals surface area contributed by atoms with Gasteiger partial charge in [0.15, 0.2) is 5.01 Å². The van der Waals surface area contributed by atoms with Crippen molar-refractivity contribution in [3.05, 3.63) is 16.1 Å². The van der Waals surface area contributed by atoms with E-state index in [0.29, 0.717) is 5.69 Å². The van der Waals surface area contributed by atoms with Gasteiger partial charge in [-0.15, -0.1) is 11.3 Å². The lowest BCUT2D eigenvalue weighted by molar-refractivity contribution is 0.150. The van der Waals surface area contributed by atoms with Crippen molar-refractivity contribution in [1.82, 2.24) is 4.98 Å². The third-order valence-electron chi connectivity index (χ3n) is 2.01. The van der Waals surface area contributed by atoms with E-state index in [1.54, 1.807) is 5.38 Å². The maximum absolute atomic E-state index is 12.1. The second-order valence-electron chi connectivity index (χ2n) is 3.03. The van der Waals surface area contributed by atoms with E-state index in [0.717, 1.165) is 24.2 Å². The molecule has 1 saturated carbocycles. The van der Waals surface area contributed by atoms with Crippen LogP contribution in [0, 0.1) is 0 Å². The van der Waals surface area contributed by atoms with Gasteiger partial charge in [-0.25, -0.2) is 13.8 Å². The Morgan fingerprint density at radius 1 is 1.58 bits per heavy atom. The van der Waals surface area contributed by atoms with E-state index in [4.69, 9.17) is 5.73 Å². The van der Waals surface area contributed by atoms with Crippen LogP contribution in [-0.2, 0) is 5.54 Å². The van der Waals surface area contributed by atoms with Gasteiger partial charge >= 0.3 is 0 Å². The predicted molar refractivity (Wildman–Crippen MR) is 42.2 cm³/mol. The van der Waals surface area contributed by atoms with E-state index >= 15 is 0 Å². The zero-order valence-corrected chi connectivity index (χ0v) is 7.07. The Bertz CT molecular complexity index is 293. The first-order valence-corrected chi connectivity index (χ1v) is 4.53. The molecule has 0 spiro atoms. The minimum atomic E-state index is -2.47. The van der Waals surface area contributed by atoms with E-state index in [-0.39, 0.29) is 10.5 Å². The summed E-state index contributed by atoms with van der Waals surface area (Å²) in [5.41, 5.74) is 6.02. The van der Waals surface area contributed by atoms with Gasteiger partial charge in [0, 0.05) is 5.38 Å². The minimum absolute atomic E-state index is 0.123. The Morgan fingerprint density at radius 2 is 2.25 bits per heavy atom. The van der Waals surface area contributed by atoms with E-state index in [1.165, 1.54) is 0 Å². The minimum Gasteiger partial charge on any atom is -0.320 e. The molecule has 5 heteroatoms. The molecule has 0 aromatic carbocycles. The van der Waals surface area contributed by atoms with Gasteiger partial charge in [0.05, 0.1) is 11.2 Å². The van der Waals surface area contributed by atoms with Crippen molar-refractivity contribution in [2.75, 3.05) is 0 Å². The molecule has 0 unspecified atom stereocenters. The van der Waals surface area contributed by atoms with Crippen LogP contribution in [0.5, 0.6) is 0 Å². The van der Waals surface area contributed by atoms with Crippen molar-refractivity contribution in [3.8, 4) is 0 Å². The van der Waals surface area contributed by atoms with E-state index < -0.39 is 6.43 Å². The topological polar surface area (TPSA) is 38.9 Å². The maximum atomic E-state index is 12.1. The first kappa shape index (κ1) is 8.07. The Hall–Kier alpha value is -0.550. The molecule has 0 aliphatic heterocycles. The van der Waals surface area contributed by atoms with Gasteiger partial charge in [-0.2, -0.15) is 0 Å². The maximum Gasteiger partial charge on any atom is 0.289 e. The monoisotopic (exact) mass is 190 g/mol. The summed E-state index contributed by atoms with van der Waals surface area (Å²) >= 11 is 0.983. The summed E-state index contributed by atoms with van der Waals surface area (Å²) in [4.78, 5) is 3.79. The van der Waals surface area contributed by atoms with E-state index in [9.17, 15) is 8.78 Å². The fourth-order valence-corrected chi connectivity index (χ4v) is 1.78. The first-order chi connectivity index (χ1) is 5.62. The number of rotatable bonds is 2. The molecule has 66 valence electrons. The van der Waals surface area contributed by atoms with Gasteiger partial charge in [-0.05, 0) is 12.8 Å². The molecule has 2 nitrogen and oxygen atoms in total. The molecular weight excluding hydrogens is 182 g/mol. The molecule has 0 bridgehead atoms. The van der Waals surface area contributed by atoms with Crippen molar-refractivity contribution in [1.29, 1.82) is 0 Å². The summed E-state index contributed by atoms with van der Waals surface area (Å²) in [6, 6.07) is 0. The van der Waals surface area contributed by atoms with Crippen molar-refractivity contribution in [2.24, 2.45) is 5.73 Å². The fourth-order valence-electron chi connectivity index (χ4n) is 1.01. The molecule has 0 atom stereocenters. The third-order valence-corrected chi connectivity index (χ3v) is 2.86. The molecule has 0 radical (unpaired) electrons. The fraction of sp³-hybridized carbons (Fsp3) is 0.571. The van der Waals surface area contributed by atoms with E-state index in [2.05, 4.69) is 4.98 Å². The predicted octanol–water partition coefficient (Wildman–Crippen LogP) is 2.03. The van der Waals surface area contributed by atoms with Gasteiger partial charge < -0.3 is 5.73 Å². The second-order valence-corrected chi connectivity index (χ2v) is 3.92. The molecule has 1 aromatic rings. The third kappa shape index (κ3) is 1.23. The van der Waals surface area contributed by atoms with Gasteiger partial charge in [-0.3, -0.25) is 0 Å². The largest absolute Gasteiger partial charge is 0.320 e. The highest BCUT2D eigenvalue weighted by molar-refractivity contribution is 7.09. The molecule has 0 saturated heterocycles. The van der Waals surface area contributed by atoms with Gasteiger partial charge in [0.1, 0.15) is 0 Å². The zero-order valence-electron chi connectivity index (χ0n) is 6.26. The molecule has 2 rings (SSSR count). The van der Waals surface area contributed by atoms with Crippen LogP contribution in [0.4, 0.5) is 8.78 Å². The summed E-state index contributed by atoms with van der Waals surface area (Å²) < 4.78 is 24.2. The van der Waals surface area contributed by atoms with Gasteiger partial charge in [0.2, 0.25) is 0 Å². The number of halogens is 2. The van der Waals surface area contributed by atoms with Gasteiger partial charge in [-0.1, -0.05) is 0 Å². The Balaban J connectivity index is 2.25. The molecule has 2 N–H and O–H groups in total. The number of nitrogens with two attached hydrogens (primary N) is 1. The quantitative estimate of drug-likeness (QED) is 0.774. The lowest BCUT2D eigenvalue weighted by atomic mass is 10.2. The summed E-state index contributed by atoms with van der Waals surface area (Å²) in [6.07, 6.45) is -0.746. The van der Waals surface area contributed by atoms with Crippen LogP contribution in [0.3, 0.4) is 0 Å². The van der Waals surface area contributed by atoms with Crippen LogP contribution in [-0.4, -0.2) is 4.98 Å². The average Bonchev–Trinajstić information content (AvgIpc) is 2.61. The Labute approximate surface area is 72.4 Å². The molecule has 0 amide bonds. The van der Waals surface area contributed by atoms with Crippen molar-refractivity contribution >= 4 is 11.3 Å². The summed E-state index contributed by atoms with van der Waals surface area (Å²) in [6.45, 7) is 0. The molecule has 1 heterocycles. The van der Waals surface area contributed by atoms with Crippen LogP contribution in [0.2, 0.25) is 0 Å². The van der Waals surface area contributed by atoms with Crippen LogP contribution < -0.4 is 5.73 Å². The normalized spacial score (nSPS) is 20.0. The van der Waals surface area contributed by atoms with Crippen molar-refractivity contribution in [3.63, 3.8) is 0 Å². The molecule has 1 aliphatic carbocycles. The van der Waals surface area contributed by atoms with Crippen molar-refractivity contribution in [2.45, 2.75) is 24.8 Å². The summed E-state index contributed by atoms with van der Waals surface area (Å²) in [5.74, 6) is 0. The number of alkyl halides is 2. The van der Waals surface area contributed by atoms with Crippen LogP contribution in [0.1, 0.15) is 30.0 Å². The Morgan fingerprint density at radius 3 is 2.67 bits per heavy atom. The van der Waals surface area contributed by atoms with E-state index in [1.807, 2.05) is 0 Å². The number of nitrogens with zero attached hydrogens (tertiary/aromatic N) is 1. The molecule has 1 aromatic heterocycles. The standard InChI is InChI=1S/C7H8F2N2S/c8-5(9)6-11-4(3-12-6)7(10)1-2-7/h3,5H,1-2,10H2. The molecule has 1 aliphatic rings. The smallest absolute Gasteiger partial charge is 0.289 e. The number of hydrogen-bond acceptors (Lipinski definition) is 3. The lowest BCUT2D eigenvalue weighted by Gasteiger charge is -2.01. The van der Waals surface area contributed by atoms with Crippen LogP contribution in [0.15, 0.2) is 5.38 Å². The SMILES string of the molecule is NC1(c2csc(C(F)F)n2)CC1.